The van der Waals surface area contributed by atoms with Crippen LogP contribution in [0.5, 0.6) is 0 Å². The summed E-state index contributed by atoms with van der Waals surface area (Å²) in [4.78, 5) is 22.2. The van der Waals surface area contributed by atoms with E-state index in [1.54, 1.807) is 0 Å². The van der Waals surface area contributed by atoms with Crippen molar-refractivity contribution in [3.8, 4) is 0 Å². The van der Waals surface area contributed by atoms with Crippen LogP contribution in [0.25, 0.3) is 0 Å². The Morgan fingerprint density at radius 3 is 2.42 bits per heavy atom. The predicted octanol–water partition coefficient (Wildman–Crippen LogP) is 2.51. The molecule has 0 spiro atoms. The SMILES string of the molecule is CC(CCC(=O)O)NC(=O)NC1CCC(C)(C)CC1. The number of rotatable bonds is 5. The number of hydrogen-bond donors (Lipinski definition) is 3. The number of amides is 2. The molecule has 1 rings (SSSR count). The Hall–Kier alpha value is -1.26. The first-order valence-electron chi connectivity index (χ1n) is 7.07. The van der Waals surface area contributed by atoms with Gasteiger partial charge in [-0.15, -0.1) is 0 Å². The van der Waals surface area contributed by atoms with Gasteiger partial charge in [-0.05, 0) is 44.4 Å². The van der Waals surface area contributed by atoms with E-state index in [-0.39, 0.29) is 24.5 Å². The third-order valence-corrected chi connectivity index (χ3v) is 3.84. The molecule has 0 aromatic heterocycles. The first kappa shape index (κ1) is 15.8. The van der Waals surface area contributed by atoms with Crippen LogP contribution in [0.2, 0.25) is 0 Å². The van der Waals surface area contributed by atoms with Gasteiger partial charge in [-0.2, -0.15) is 0 Å². The Bertz CT molecular complexity index is 319. The molecule has 1 aliphatic rings. The molecule has 110 valence electrons. The predicted molar refractivity (Wildman–Crippen MR) is 74.0 cm³/mol. The van der Waals surface area contributed by atoms with Gasteiger partial charge in [-0.25, -0.2) is 4.79 Å². The Morgan fingerprint density at radius 1 is 1.32 bits per heavy atom. The average molecular weight is 270 g/mol. The summed E-state index contributed by atoms with van der Waals surface area (Å²) in [6.45, 7) is 6.35. The highest BCUT2D eigenvalue weighted by Gasteiger charge is 2.27. The van der Waals surface area contributed by atoms with Gasteiger partial charge < -0.3 is 15.7 Å². The summed E-state index contributed by atoms with van der Waals surface area (Å²) in [5, 5.41) is 14.3. The summed E-state index contributed by atoms with van der Waals surface area (Å²) in [6.07, 6.45) is 4.84. The molecule has 1 aliphatic carbocycles. The summed E-state index contributed by atoms with van der Waals surface area (Å²) >= 11 is 0. The quantitative estimate of drug-likeness (QED) is 0.718. The van der Waals surface area contributed by atoms with E-state index >= 15 is 0 Å². The Balaban J connectivity index is 2.22. The van der Waals surface area contributed by atoms with E-state index in [0.29, 0.717) is 11.8 Å². The molecule has 0 aliphatic heterocycles. The van der Waals surface area contributed by atoms with Gasteiger partial charge in [-0.1, -0.05) is 13.8 Å². The Labute approximate surface area is 115 Å². The Morgan fingerprint density at radius 2 is 1.89 bits per heavy atom. The van der Waals surface area contributed by atoms with Crippen LogP contribution in [0.4, 0.5) is 4.79 Å². The molecular formula is C14H26N2O3. The molecule has 0 radical (unpaired) electrons. The molecule has 0 bridgehead atoms. The smallest absolute Gasteiger partial charge is 0.315 e. The van der Waals surface area contributed by atoms with E-state index in [0.717, 1.165) is 25.7 Å². The van der Waals surface area contributed by atoms with Crippen molar-refractivity contribution < 1.29 is 14.7 Å². The maximum Gasteiger partial charge on any atom is 0.315 e. The number of carboxylic acid groups (broad SMARTS) is 1. The number of carboxylic acids is 1. The third-order valence-electron chi connectivity index (χ3n) is 3.84. The van der Waals surface area contributed by atoms with E-state index in [1.807, 2.05) is 6.92 Å². The molecule has 5 nitrogen and oxygen atoms in total. The van der Waals surface area contributed by atoms with Crippen molar-refractivity contribution in [3.05, 3.63) is 0 Å². The van der Waals surface area contributed by atoms with Crippen molar-refractivity contribution in [1.29, 1.82) is 0 Å². The van der Waals surface area contributed by atoms with E-state index in [9.17, 15) is 9.59 Å². The largest absolute Gasteiger partial charge is 0.481 e. The molecular weight excluding hydrogens is 244 g/mol. The monoisotopic (exact) mass is 270 g/mol. The van der Waals surface area contributed by atoms with Crippen LogP contribution in [0.1, 0.15) is 59.3 Å². The summed E-state index contributed by atoms with van der Waals surface area (Å²) in [6, 6.07) is -0.0431. The number of nitrogens with one attached hydrogen (secondary N) is 2. The van der Waals surface area contributed by atoms with Crippen molar-refractivity contribution in [2.45, 2.75) is 71.4 Å². The van der Waals surface area contributed by atoms with Crippen LogP contribution in [-0.2, 0) is 4.79 Å². The number of hydrogen-bond acceptors (Lipinski definition) is 2. The minimum absolute atomic E-state index is 0.0824. The summed E-state index contributed by atoms with van der Waals surface area (Å²) in [5.74, 6) is -0.830. The van der Waals surface area contributed by atoms with E-state index in [2.05, 4.69) is 24.5 Å². The fourth-order valence-electron chi connectivity index (χ4n) is 2.41. The molecule has 0 heterocycles. The molecule has 1 saturated carbocycles. The zero-order valence-electron chi connectivity index (χ0n) is 12.2. The molecule has 1 unspecified atom stereocenters. The molecule has 0 aromatic carbocycles. The summed E-state index contributed by atoms with van der Waals surface area (Å²) in [7, 11) is 0. The lowest BCUT2D eigenvalue weighted by atomic mass is 9.76. The Kier molecular flexibility index (Phi) is 5.63. The molecule has 1 fully saturated rings. The molecule has 1 atom stereocenters. The lowest BCUT2D eigenvalue weighted by Gasteiger charge is -2.34. The van der Waals surface area contributed by atoms with Crippen molar-refractivity contribution in [3.63, 3.8) is 0 Å². The molecule has 19 heavy (non-hydrogen) atoms. The number of aliphatic carboxylic acids is 1. The van der Waals surface area contributed by atoms with Crippen molar-refractivity contribution in [1.82, 2.24) is 10.6 Å². The van der Waals surface area contributed by atoms with Crippen molar-refractivity contribution >= 4 is 12.0 Å². The number of carbonyl (C=O) groups is 2. The van der Waals surface area contributed by atoms with Crippen LogP contribution in [0, 0.1) is 5.41 Å². The lowest BCUT2D eigenvalue weighted by Crippen LogP contribution is -2.47. The maximum absolute atomic E-state index is 11.8. The first-order valence-corrected chi connectivity index (χ1v) is 7.07. The fraction of sp³-hybridized carbons (Fsp3) is 0.857. The van der Waals surface area contributed by atoms with Gasteiger partial charge in [0.25, 0.3) is 0 Å². The van der Waals surface area contributed by atoms with E-state index in [4.69, 9.17) is 5.11 Å². The van der Waals surface area contributed by atoms with E-state index < -0.39 is 5.97 Å². The highest BCUT2D eigenvalue weighted by Crippen LogP contribution is 2.34. The van der Waals surface area contributed by atoms with Gasteiger partial charge in [0.1, 0.15) is 0 Å². The molecule has 5 heteroatoms. The highest BCUT2D eigenvalue weighted by atomic mass is 16.4. The zero-order chi connectivity index (χ0) is 14.5. The van der Waals surface area contributed by atoms with Gasteiger partial charge >= 0.3 is 12.0 Å². The molecule has 0 aromatic rings. The van der Waals surface area contributed by atoms with Gasteiger partial charge in [0, 0.05) is 18.5 Å². The van der Waals surface area contributed by atoms with Crippen LogP contribution >= 0.6 is 0 Å². The van der Waals surface area contributed by atoms with Gasteiger partial charge in [0.05, 0.1) is 0 Å². The third kappa shape index (κ3) is 6.45. The molecule has 2 amide bonds. The van der Waals surface area contributed by atoms with Crippen LogP contribution < -0.4 is 10.6 Å². The number of urea groups is 1. The zero-order valence-corrected chi connectivity index (χ0v) is 12.2. The normalized spacial score (nSPS) is 20.6. The lowest BCUT2D eigenvalue weighted by molar-refractivity contribution is -0.137. The van der Waals surface area contributed by atoms with Crippen molar-refractivity contribution in [2.75, 3.05) is 0 Å². The highest BCUT2D eigenvalue weighted by molar-refractivity contribution is 5.74. The number of carbonyl (C=O) groups excluding carboxylic acids is 1. The summed E-state index contributed by atoms with van der Waals surface area (Å²) in [5.41, 5.74) is 0.392. The second kappa shape index (κ2) is 6.78. The van der Waals surface area contributed by atoms with Gasteiger partial charge in [0.2, 0.25) is 0 Å². The van der Waals surface area contributed by atoms with Crippen LogP contribution in [0.3, 0.4) is 0 Å². The summed E-state index contributed by atoms with van der Waals surface area (Å²) < 4.78 is 0. The van der Waals surface area contributed by atoms with Crippen LogP contribution in [0.15, 0.2) is 0 Å². The van der Waals surface area contributed by atoms with Gasteiger partial charge in [0.15, 0.2) is 0 Å². The maximum atomic E-state index is 11.8. The van der Waals surface area contributed by atoms with Crippen molar-refractivity contribution in [2.24, 2.45) is 5.41 Å². The average Bonchev–Trinajstić information content (AvgIpc) is 2.29. The standard InChI is InChI=1S/C14H26N2O3/c1-10(4-5-12(17)18)15-13(19)16-11-6-8-14(2,3)9-7-11/h10-11H,4-9H2,1-3H3,(H,17,18)(H2,15,16,19). The second-order valence-electron chi connectivity index (χ2n) is 6.39. The second-order valence-corrected chi connectivity index (χ2v) is 6.39. The molecule has 0 saturated heterocycles. The topological polar surface area (TPSA) is 78.4 Å². The first-order chi connectivity index (χ1) is 8.78. The van der Waals surface area contributed by atoms with Crippen LogP contribution in [-0.4, -0.2) is 29.2 Å². The molecule has 3 N–H and O–H groups in total. The fourth-order valence-corrected chi connectivity index (χ4v) is 2.41. The minimum atomic E-state index is -0.830. The van der Waals surface area contributed by atoms with E-state index in [1.165, 1.54) is 0 Å². The minimum Gasteiger partial charge on any atom is -0.481 e. The van der Waals surface area contributed by atoms with Gasteiger partial charge in [-0.3, -0.25) is 4.79 Å².